The molecule has 2 rings (SSSR count). The van der Waals surface area contributed by atoms with Crippen LogP contribution in [0.3, 0.4) is 0 Å². The summed E-state index contributed by atoms with van der Waals surface area (Å²) >= 11 is 11.7. The Morgan fingerprint density at radius 1 is 1.53 bits per heavy atom. The molecule has 0 fully saturated rings. The average molecular weight is 272 g/mol. The molecular weight excluding hydrogens is 269 g/mol. The molecule has 0 aliphatic heterocycles. The van der Waals surface area contributed by atoms with Crippen LogP contribution in [0, 0.1) is 10.1 Å². The summed E-state index contributed by atoms with van der Waals surface area (Å²) in [5.41, 5.74) is 8.16. The van der Waals surface area contributed by atoms with Crippen LogP contribution in [0.2, 0.25) is 10.0 Å². The molecule has 0 aliphatic carbocycles. The van der Waals surface area contributed by atoms with Crippen molar-refractivity contribution in [1.29, 1.82) is 0 Å². The summed E-state index contributed by atoms with van der Waals surface area (Å²) in [6.45, 7) is 0. The summed E-state index contributed by atoms with van der Waals surface area (Å²) in [5.74, 6) is 0. The van der Waals surface area contributed by atoms with Crippen LogP contribution >= 0.6 is 23.2 Å². The topological polar surface area (TPSA) is 99.7 Å². The van der Waals surface area contributed by atoms with Crippen molar-refractivity contribution in [2.75, 3.05) is 0 Å². The molecular formula is C8H3Cl2N5O2. The number of hydrogen-bond acceptors (Lipinski definition) is 3. The largest absolute Gasteiger partial charge is 0.805 e. The van der Waals surface area contributed by atoms with E-state index in [1.807, 2.05) is 0 Å². The lowest BCUT2D eigenvalue weighted by Crippen LogP contribution is -2.16. The lowest BCUT2D eigenvalue weighted by Gasteiger charge is -2.11. The van der Waals surface area contributed by atoms with E-state index in [2.05, 4.69) is 10.0 Å². The minimum Gasteiger partial charge on any atom is -0.805 e. The van der Waals surface area contributed by atoms with E-state index in [1.165, 1.54) is 6.07 Å². The summed E-state index contributed by atoms with van der Waals surface area (Å²) < 4.78 is 0.847. The minimum atomic E-state index is -0.162. The first-order chi connectivity index (χ1) is 8.06. The molecule has 1 aromatic carbocycles. The Hall–Kier alpha value is -1.95. The van der Waals surface area contributed by atoms with Crippen molar-refractivity contribution in [2.45, 2.75) is 0 Å². The van der Waals surface area contributed by atoms with E-state index in [1.54, 1.807) is 0 Å². The third-order valence-electron chi connectivity index (χ3n) is 2.09. The van der Waals surface area contributed by atoms with Crippen LogP contribution in [0.15, 0.2) is 23.6 Å². The maximum absolute atomic E-state index is 11.5. The summed E-state index contributed by atoms with van der Waals surface area (Å²) in [5, 5.41) is 14.6. The number of nitrogens with zero attached hydrogens (tertiary/aromatic N) is 5. The van der Waals surface area contributed by atoms with Crippen LogP contribution in [-0.2, 0) is 0 Å². The number of hydrogen-bond donors (Lipinski definition) is 0. The smallest absolute Gasteiger partial charge is 0.304 e. The Balaban J connectivity index is 3.07. The Kier molecular flexibility index (Phi) is 2.81. The summed E-state index contributed by atoms with van der Waals surface area (Å²) in [4.78, 5) is 14.1. The Labute approximate surface area is 104 Å². The summed E-state index contributed by atoms with van der Waals surface area (Å²) in [7, 11) is 0. The van der Waals surface area contributed by atoms with Gasteiger partial charge in [-0.25, -0.2) is 0 Å². The summed E-state index contributed by atoms with van der Waals surface area (Å²) in [6.07, 6.45) is 2.02. The minimum absolute atomic E-state index is 0.00361. The standard InChI is InChI=1S/C8H3Cl2N5O2/c9-4-3-5-8(6(10)7(4)12-13-11)15(17)2-1-14(5)16/h1-3H. The molecule has 0 N–H and O–H groups in total. The fourth-order valence-corrected chi connectivity index (χ4v) is 1.98. The van der Waals surface area contributed by atoms with Crippen LogP contribution < -0.4 is 4.43 Å². The van der Waals surface area contributed by atoms with Gasteiger partial charge in [0.2, 0.25) is 6.20 Å². The van der Waals surface area contributed by atoms with Crippen molar-refractivity contribution in [2.24, 2.45) is 5.11 Å². The third kappa shape index (κ3) is 1.76. The molecule has 7 nitrogen and oxygen atoms in total. The Morgan fingerprint density at radius 2 is 2.24 bits per heavy atom. The quantitative estimate of drug-likeness (QED) is 0.344. The second-order valence-corrected chi connectivity index (χ2v) is 3.81. The summed E-state index contributed by atoms with van der Waals surface area (Å²) in [6, 6.07) is 1.22. The van der Waals surface area contributed by atoms with Gasteiger partial charge in [0.05, 0.1) is 21.3 Å². The molecule has 9 heteroatoms. The molecule has 1 aromatic heterocycles. The van der Waals surface area contributed by atoms with E-state index < -0.39 is 0 Å². The highest BCUT2D eigenvalue weighted by molar-refractivity contribution is 6.41. The SMILES string of the molecule is [N-]=[N+]=Nc1c(Cl)cc2c(c1Cl)[n+](=O)ccn2[O-]. The normalized spacial score (nSPS) is 10.2. The maximum Gasteiger partial charge on any atom is 0.304 e. The van der Waals surface area contributed by atoms with E-state index in [9.17, 15) is 10.1 Å². The van der Waals surface area contributed by atoms with Gasteiger partial charge in [-0.3, -0.25) is 0 Å². The van der Waals surface area contributed by atoms with Gasteiger partial charge in [0.15, 0.2) is 0 Å². The van der Waals surface area contributed by atoms with Gasteiger partial charge in [0.1, 0.15) is 10.5 Å². The van der Waals surface area contributed by atoms with Gasteiger partial charge >= 0.3 is 5.52 Å². The monoisotopic (exact) mass is 271 g/mol. The second-order valence-electron chi connectivity index (χ2n) is 3.03. The molecule has 0 spiro atoms. The van der Waals surface area contributed by atoms with E-state index in [-0.39, 0.29) is 26.8 Å². The zero-order valence-corrected chi connectivity index (χ0v) is 9.55. The predicted octanol–water partition coefficient (Wildman–Crippen LogP) is 3.15. The van der Waals surface area contributed by atoms with Gasteiger partial charge in [-0.05, 0) is 11.6 Å². The molecule has 0 atom stereocenters. The van der Waals surface area contributed by atoms with Crippen molar-refractivity contribution >= 4 is 39.9 Å². The highest BCUT2D eigenvalue weighted by Gasteiger charge is 2.18. The van der Waals surface area contributed by atoms with Crippen LogP contribution in [0.1, 0.15) is 0 Å². The highest BCUT2D eigenvalue weighted by atomic mass is 35.5. The van der Waals surface area contributed by atoms with Gasteiger partial charge in [-0.15, -0.1) is 0 Å². The average Bonchev–Trinajstić information content (AvgIpc) is 2.29. The van der Waals surface area contributed by atoms with Crippen LogP contribution in [0.25, 0.3) is 21.5 Å². The highest BCUT2D eigenvalue weighted by Crippen LogP contribution is 2.37. The molecule has 0 unspecified atom stereocenters. The first kappa shape index (κ1) is 11.5. The number of halogens is 2. The van der Waals surface area contributed by atoms with Crippen molar-refractivity contribution in [3.8, 4) is 0 Å². The zero-order chi connectivity index (χ0) is 12.6. The van der Waals surface area contributed by atoms with Crippen LogP contribution in [-0.4, -0.2) is 4.73 Å². The van der Waals surface area contributed by atoms with E-state index in [4.69, 9.17) is 28.7 Å². The zero-order valence-electron chi connectivity index (χ0n) is 8.04. The first-order valence-corrected chi connectivity index (χ1v) is 5.00. The molecule has 0 saturated heterocycles. The molecule has 0 aliphatic rings. The number of aromatic nitrogens is 2. The lowest BCUT2D eigenvalue weighted by molar-refractivity contribution is -0.464. The van der Waals surface area contributed by atoms with Gasteiger partial charge in [0.25, 0.3) is 0 Å². The van der Waals surface area contributed by atoms with Crippen LogP contribution in [0.5, 0.6) is 0 Å². The number of benzene rings is 1. The molecule has 0 saturated carbocycles. The lowest BCUT2D eigenvalue weighted by atomic mass is 10.2. The fraction of sp³-hybridized carbons (Fsp3) is 0. The molecule has 2 aromatic rings. The number of fused-ring (bicyclic) bond motifs is 1. The maximum atomic E-state index is 11.5. The van der Waals surface area contributed by atoms with Gasteiger partial charge in [-0.2, -0.15) is 0 Å². The van der Waals surface area contributed by atoms with Crippen LogP contribution in [0.4, 0.5) is 5.69 Å². The Morgan fingerprint density at radius 3 is 2.88 bits per heavy atom. The first-order valence-electron chi connectivity index (χ1n) is 4.24. The van der Waals surface area contributed by atoms with Gasteiger partial charge < -0.3 is 9.94 Å². The van der Waals surface area contributed by atoms with Gasteiger partial charge in [-0.1, -0.05) is 28.3 Å². The number of azide groups is 1. The fourth-order valence-electron chi connectivity index (χ4n) is 1.38. The van der Waals surface area contributed by atoms with E-state index in [0.717, 1.165) is 12.4 Å². The van der Waals surface area contributed by atoms with Crippen molar-refractivity contribution in [3.63, 3.8) is 0 Å². The molecule has 86 valence electrons. The Bertz CT molecular complexity index is 720. The molecule has 0 bridgehead atoms. The predicted molar refractivity (Wildman–Crippen MR) is 62.9 cm³/mol. The van der Waals surface area contributed by atoms with Crippen molar-refractivity contribution in [1.82, 2.24) is 4.73 Å². The van der Waals surface area contributed by atoms with E-state index >= 15 is 0 Å². The van der Waals surface area contributed by atoms with E-state index in [0.29, 0.717) is 9.16 Å². The molecule has 17 heavy (non-hydrogen) atoms. The second kappa shape index (κ2) is 4.14. The molecule has 0 amide bonds. The third-order valence-corrected chi connectivity index (χ3v) is 2.73. The van der Waals surface area contributed by atoms with Crippen molar-refractivity contribution < 1.29 is 4.43 Å². The molecule has 0 radical (unpaired) electrons. The van der Waals surface area contributed by atoms with Gasteiger partial charge in [0, 0.05) is 9.82 Å². The van der Waals surface area contributed by atoms with Crippen molar-refractivity contribution in [3.05, 3.63) is 49.1 Å². The molecule has 1 heterocycles. The number of rotatable bonds is 1.